The van der Waals surface area contributed by atoms with E-state index in [4.69, 9.17) is 4.74 Å². The smallest absolute Gasteiger partial charge is 0.118 e. The van der Waals surface area contributed by atoms with E-state index in [2.05, 4.69) is 29.6 Å². The molecule has 1 aromatic carbocycles. The van der Waals surface area contributed by atoms with Crippen LogP contribution in [0, 0.1) is 0 Å². The predicted molar refractivity (Wildman–Crippen MR) is 57.6 cm³/mol. The van der Waals surface area contributed by atoms with Crippen molar-refractivity contribution in [2.75, 3.05) is 13.7 Å². The van der Waals surface area contributed by atoms with Crippen molar-refractivity contribution in [3.63, 3.8) is 0 Å². The molecule has 1 heterocycles. The third kappa shape index (κ3) is 2.15. The van der Waals surface area contributed by atoms with Crippen molar-refractivity contribution in [3.8, 4) is 5.75 Å². The molecule has 14 heavy (non-hydrogen) atoms. The van der Waals surface area contributed by atoms with Gasteiger partial charge in [-0.25, -0.2) is 0 Å². The molecule has 2 rings (SSSR count). The molecule has 1 aliphatic rings. The molecule has 0 amide bonds. The number of rotatable bonds is 3. The van der Waals surface area contributed by atoms with Crippen molar-refractivity contribution in [1.29, 1.82) is 0 Å². The molecule has 74 valence electrons. The van der Waals surface area contributed by atoms with Crippen LogP contribution in [0.5, 0.6) is 5.75 Å². The highest BCUT2D eigenvalue weighted by Crippen LogP contribution is 2.13. The van der Waals surface area contributed by atoms with Crippen molar-refractivity contribution >= 4 is 0 Å². The molecule has 0 fully saturated rings. The Balaban J connectivity index is 1.99. The van der Waals surface area contributed by atoms with Crippen LogP contribution in [-0.2, 0) is 6.42 Å². The fourth-order valence-electron chi connectivity index (χ4n) is 1.68. The molecule has 0 saturated heterocycles. The highest BCUT2D eigenvalue weighted by molar-refractivity contribution is 5.28. The normalized spacial score (nSPS) is 19.9. The lowest BCUT2D eigenvalue weighted by molar-refractivity contribution is 0.414. The number of hydrogen-bond donors (Lipinski definition) is 1. The van der Waals surface area contributed by atoms with E-state index in [1.165, 1.54) is 5.56 Å². The van der Waals surface area contributed by atoms with Gasteiger partial charge in [-0.15, -0.1) is 0 Å². The topological polar surface area (TPSA) is 21.3 Å². The first-order chi connectivity index (χ1) is 6.88. The van der Waals surface area contributed by atoms with Gasteiger partial charge < -0.3 is 10.1 Å². The second kappa shape index (κ2) is 4.29. The summed E-state index contributed by atoms with van der Waals surface area (Å²) in [5.74, 6) is 0.920. The zero-order chi connectivity index (χ0) is 9.80. The van der Waals surface area contributed by atoms with Gasteiger partial charge in [0.1, 0.15) is 5.75 Å². The fourth-order valence-corrected chi connectivity index (χ4v) is 1.68. The highest BCUT2D eigenvalue weighted by atomic mass is 16.5. The number of benzene rings is 1. The summed E-state index contributed by atoms with van der Waals surface area (Å²) in [6.07, 6.45) is 5.46. The zero-order valence-electron chi connectivity index (χ0n) is 8.36. The lowest BCUT2D eigenvalue weighted by atomic mass is 10.1. The number of methoxy groups -OCH3 is 1. The zero-order valence-corrected chi connectivity index (χ0v) is 8.36. The SMILES string of the molecule is COc1ccc(CC2C=CCN2)cc1. The Morgan fingerprint density at radius 1 is 1.36 bits per heavy atom. The number of ether oxygens (including phenoxy) is 1. The Morgan fingerprint density at radius 2 is 2.14 bits per heavy atom. The first-order valence-corrected chi connectivity index (χ1v) is 4.91. The van der Waals surface area contributed by atoms with Gasteiger partial charge in [0.2, 0.25) is 0 Å². The van der Waals surface area contributed by atoms with Gasteiger partial charge in [0.15, 0.2) is 0 Å². The Bertz CT molecular complexity index is 316. The Kier molecular flexibility index (Phi) is 2.84. The van der Waals surface area contributed by atoms with Crippen molar-refractivity contribution in [3.05, 3.63) is 42.0 Å². The van der Waals surface area contributed by atoms with Crippen LogP contribution < -0.4 is 10.1 Å². The molecule has 1 unspecified atom stereocenters. The summed E-state index contributed by atoms with van der Waals surface area (Å²) in [4.78, 5) is 0. The summed E-state index contributed by atoms with van der Waals surface area (Å²) >= 11 is 0. The molecule has 1 aromatic rings. The van der Waals surface area contributed by atoms with Gasteiger partial charge in [-0.05, 0) is 24.1 Å². The lowest BCUT2D eigenvalue weighted by Crippen LogP contribution is -2.24. The van der Waals surface area contributed by atoms with Crippen LogP contribution in [0.25, 0.3) is 0 Å². The molecule has 2 nitrogen and oxygen atoms in total. The third-order valence-electron chi connectivity index (χ3n) is 2.48. The molecule has 1 aliphatic heterocycles. The second-order valence-electron chi connectivity index (χ2n) is 3.50. The molecule has 0 aromatic heterocycles. The van der Waals surface area contributed by atoms with Crippen molar-refractivity contribution in [2.45, 2.75) is 12.5 Å². The average Bonchev–Trinajstić information content (AvgIpc) is 2.72. The molecule has 1 atom stereocenters. The molecule has 0 saturated carbocycles. The van der Waals surface area contributed by atoms with Crippen molar-refractivity contribution in [2.24, 2.45) is 0 Å². The second-order valence-corrected chi connectivity index (χ2v) is 3.50. The molecule has 0 spiro atoms. The van der Waals surface area contributed by atoms with Crippen LogP contribution in [-0.4, -0.2) is 19.7 Å². The van der Waals surface area contributed by atoms with E-state index < -0.39 is 0 Å². The lowest BCUT2D eigenvalue weighted by Gasteiger charge is -2.09. The maximum atomic E-state index is 5.11. The van der Waals surface area contributed by atoms with Crippen molar-refractivity contribution in [1.82, 2.24) is 5.32 Å². The largest absolute Gasteiger partial charge is 0.497 e. The molecule has 0 bridgehead atoms. The van der Waals surface area contributed by atoms with Gasteiger partial charge >= 0.3 is 0 Å². The summed E-state index contributed by atoms with van der Waals surface area (Å²) in [7, 11) is 1.69. The van der Waals surface area contributed by atoms with E-state index in [-0.39, 0.29) is 0 Å². The van der Waals surface area contributed by atoms with E-state index in [9.17, 15) is 0 Å². The van der Waals surface area contributed by atoms with E-state index in [1.807, 2.05) is 12.1 Å². The monoisotopic (exact) mass is 189 g/mol. The molecule has 2 heteroatoms. The molecular weight excluding hydrogens is 174 g/mol. The maximum Gasteiger partial charge on any atom is 0.118 e. The van der Waals surface area contributed by atoms with E-state index in [0.717, 1.165) is 18.7 Å². The average molecular weight is 189 g/mol. The Morgan fingerprint density at radius 3 is 2.71 bits per heavy atom. The first-order valence-electron chi connectivity index (χ1n) is 4.91. The quantitative estimate of drug-likeness (QED) is 0.732. The van der Waals surface area contributed by atoms with Crippen molar-refractivity contribution < 1.29 is 4.74 Å². The Labute approximate surface area is 84.6 Å². The van der Waals surface area contributed by atoms with Crippen LogP contribution >= 0.6 is 0 Å². The highest BCUT2D eigenvalue weighted by Gasteiger charge is 2.08. The minimum Gasteiger partial charge on any atom is -0.497 e. The molecular formula is C12H15NO. The molecule has 1 N–H and O–H groups in total. The first kappa shape index (κ1) is 9.28. The molecule has 0 aliphatic carbocycles. The summed E-state index contributed by atoms with van der Waals surface area (Å²) in [5.41, 5.74) is 1.34. The third-order valence-corrected chi connectivity index (χ3v) is 2.48. The van der Waals surface area contributed by atoms with Crippen LogP contribution in [0.4, 0.5) is 0 Å². The number of nitrogens with one attached hydrogen (secondary N) is 1. The summed E-state index contributed by atoms with van der Waals surface area (Å²) in [5, 5.41) is 3.39. The van der Waals surface area contributed by atoms with Crippen LogP contribution in [0.3, 0.4) is 0 Å². The van der Waals surface area contributed by atoms with Crippen LogP contribution in [0.15, 0.2) is 36.4 Å². The van der Waals surface area contributed by atoms with Gasteiger partial charge in [-0.1, -0.05) is 24.3 Å². The predicted octanol–water partition coefficient (Wildman–Crippen LogP) is 1.77. The van der Waals surface area contributed by atoms with E-state index in [0.29, 0.717) is 6.04 Å². The van der Waals surface area contributed by atoms with Gasteiger partial charge in [0.05, 0.1) is 7.11 Å². The van der Waals surface area contributed by atoms with E-state index >= 15 is 0 Å². The maximum absolute atomic E-state index is 5.11. The van der Waals surface area contributed by atoms with Crippen LogP contribution in [0.2, 0.25) is 0 Å². The van der Waals surface area contributed by atoms with Gasteiger partial charge in [-0.2, -0.15) is 0 Å². The van der Waals surface area contributed by atoms with Gasteiger partial charge in [0, 0.05) is 12.6 Å². The fraction of sp³-hybridized carbons (Fsp3) is 0.333. The minimum atomic E-state index is 0.503. The Hall–Kier alpha value is -1.28. The van der Waals surface area contributed by atoms with Crippen LogP contribution in [0.1, 0.15) is 5.56 Å². The van der Waals surface area contributed by atoms with E-state index in [1.54, 1.807) is 7.11 Å². The standard InChI is InChI=1S/C12H15NO/c1-14-12-6-4-10(5-7-12)9-11-3-2-8-13-11/h2-7,11,13H,8-9H2,1H3. The van der Waals surface area contributed by atoms with Gasteiger partial charge in [0.25, 0.3) is 0 Å². The summed E-state index contributed by atoms with van der Waals surface area (Å²) in [6.45, 7) is 1.00. The van der Waals surface area contributed by atoms with Gasteiger partial charge in [-0.3, -0.25) is 0 Å². The minimum absolute atomic E-state index is 0.503. The summed E-state index contributed by atoms with van der Waals surface area (Å²) in [6, 6.07) is 8.75. The summed E-state index contributed by atoms with van der Waals surface area (Å²) < 4.78 is 5.11. The molecule has 0 radical (unpaired) electrons. The number of hydrogen-bond acceptors (Lipinski definition) is 2.